The third-order valence-electron chi connectivity index (χ3n) is 11.4. The highest BCUT2D eigenvalue weighted by molar-refractivity contribution is 5.96. The number of carbonyl (C=O) groups excluding carboxylic acids is 3. The number of aromatic nitrogens is 3. The summed E-state index contributed by atoms with van der Waals surface area (Å²) in [4.78, 5) is 47.0. The van der Waals surface area contributed by atoms with Crippen molar-refractivity contribution in [3.63, 3.8) is 0 Å². The van der Waals surface area contributed by atoms with E-state index in [1.54, 1.807) is 13.1 Å². The Morgan fingerprint density at radius 1 is 1.02 bits per heavy atom. The van der Waals surface area contributed by atoms with Crippen LogP contribution in [0.5, 0.6) is 0 Å². The number of carbonyl (C=O) groups is 3. The van der Waals surface area contributed by atoms with E-state index in [4.69, 9.17) is 21.5 Å². The van der Waals surface area contributed by atoms with Gasteiger partial charge in [-0.3, -0.25) is 19.2 Å². The summed E-state index contributed by atoms with van der Waals surface area (Å²) in [6.07, 6.45) is 11.9. The van der Waals surface area contributed by atoms with E-state index in [2.05, 4.69) is 57.4 Å². The quantitative estimate of drug-likeness (QED) is 0.102. The lowest BCUT2D eigenvalue weighted by Crippen LogP contribution is -2.50. The van der Waals surface area contributed by atoms with Gasteiger partial charge in [-0.25, -0.2) is 4.98 Å². The number of aldehydes is 1. The van der Waals surface area contributed by atoms with Crippen molar-refractivity contribution >= 4 is 29.5 Å². The number of rotatable bonds is 12. The SMILES string of the molecule is CCC1c2c(cnn2C2CN(C(C)c3cccc(C(=O)N4CCCC4)n3)C2)-c2cccc(NC(/C=C(\N)NC)=C(/N)C(=O)NC3CC3)c2N1C.O=CC1CC1. The van der Waals surface area contributed by atoms with E-state index in [0.717, 1.165) is 106 Å². The number of benzene rings is 1. The van der Waals surface area contributed by atoms with Crippen molar-refractivity contribution < 1.29 is 14.4 Å². The Balaban J connectivity index is 0.000000862. The Hall–Kier alpha value is -5.37. The fraction of sp³-hybridized carbons (Fsp3) is 0.488. The first kappa shape index (κ1) is 37.9. The summed E-state index contributed by atoms with van der Waals surface area (Å²) in [7, 11) is 3.84. The van der Waals surface area contributed by atoms with Gasteiger partial charge in [-0.05, 0) is 70.1 Å². The molecule has 2 unspecified atom stereocenters. The first-order valence-electron chi connectivity index (χ1n) is 19.7. The Labute approximate surface area is 323 Å². The average Bonchev–Trinajstić information content (AvgIpc) is 4.10. The van der Waals surface area contributed by atoms with E-state index in [-0.39, 0.29) is 41.7 Å². The minimum atomic E-state index is -0.314. The Morgan fingerprint density at radius 2 is 1.75 bits per heavy atom. The van der Waals surface area contributed by atoms with Gasteiger partial charge in [0, 0.05) is 75.5 Å². The van der Waals surface area contributed by atoms with E-state index >= 15 is 0 Å². The molecule has 2 amide bonds. The number of amides is 2. The van der Waals surface area contributed by atoms with E-state index in [0.29, 0.717) is 23.1 Å². The van der Waals surface area contributed by atoms with Gasteiger partial charge in [-0.2, -0.15) is 5.10 Å². The van der Waals surface area contributed by atoms with E-state index < -0.39 is 0 Å². The summed E-state index contributed by atoms with van der Waals surface area (Å²) >= 11 is 0. The number of hydrogen-bond acceptors (Lipinski definition) is 11. The molecule has 14 nitrogen and oxygen atoms in total. The molecule has 0 spiro atoms. The second kappa shape index (κ2) is 16.2. The smallest absolute Gasteiger partial charge is 0.272 e. The van der Waals surface area contributed by atoms with Crippen molar-refractivity contribution in [3.05, 3.63) is 83.0 Å². The number of nitrogens with zero attached hydrogens (tertiary/aromatic N) is 6. The first-order chi connectivity index (χ1) is 26.6. The number of allylic oxidation sites excluding steroid dienone is 1. The molecule has 55 heavy (non-hydrogen) atoms. The molecular formula is C41H55N11O3. The van der Waals surface area contributed by atoms with E-state index in [9.17, 15) is 14.4 Å². The van der Waals surface area contributed by atoms with Crippen LogP contribution in [0.4, 0.5) is 11.4 Å². The number of anilines is 2. The van der Waals surface area contributed by atoms with Crippen LogP contribution in [0.25, 0.3) is 11.1 Å². The maximum Gasteiger partial charge on any atom is 0.272 e. The highest BCUT2D eigenvalue weighted by Crippen LogP contribution is 2.50. The number of hydrogen-bond donors (Lipinski definition) is 5. The molecule has 2 saturated heterocycles. The van der Waals surface area contributed by atoms with Crippen LogP contribution in [-0.2, 0) is 9.59 Å². The molecule has 1 aromatic carbocycles. The molecule has 14 heteroatoms. The van der Waals surface area contributed by atoms with Crippen LogP contribution in [0.1, 0.15) is 98.8 Å². The zero-order valence-corrected chi connectivity index (χ0v) is 32.4. The molecule has 0 radical (unpaired) electrons. The summed E-state index contributed by atoms with van der Waals surface area (Å²) in [5, 5.41) is 14.3. The predicted octanol–water partition coefficient (Wildman–Crippen LogP) is 4.18. The molecule has 2 aliphatic carbocycles. The van der Waals surface area contributed by atoms with Crippen molar-refractivity contribution in [2.45, 2.75) is 83.0 Å². The number of para-hydroxylation sites is 1. The number of nitrogens with two attached hydrogens (primary N) is 2. The highest BCUT2D eigenvalue weighted by atomic mass is 16.2. The number of fused-ring (bicyclic) bond motifs is 3. The molecule has 3 aromatic rings. The summed E-state index contributed by atoms with van der Waals surface area (Å²) in [6.45, 7) is 7.67. The second-order valence-corrected chi connectivity index (χ2v) is 15.4. The molecule has 5 heterocycles. The minimum Gasteiger partial charge on any atom is -0.393 e. The van der Waals surface area contributed by atoms with Gasteiger partial charge in [0.05, 0.1) is 52.6 Å². The van der Waals surface area contributed by atoms with Crippen LogP contribution >= 0.6 is 0 Å². The summed E-state index contributed by atoms with van der Waals surface area (Å²) in [5.74, 6) is 0.551. The van der Waals surface area contributed by atoms with Gasteiger partial charge in [-0.15, -0.1) is 0 Å². The summed E-state index contributed by atoms with van der Waals surface area (Å²) in [6, 6.07) is 12.5. The third kappa shape index (κ3) is 8.05. The molecule has 2 atom stereocenters. The summed E-state index contributed by atoms with van der Waals surface area (Å²) in [5.41, 5.74) is 19.7. The Bertz CT molecular complexity index is 1970. The lowest BCUT2D eigenvalue weighted by molar-refractivity contribution is -0.117. The van der Waals surface area contributed by atoms with E-state index in [1.165, 1.54) is 5.69 Å². The van der Waals surface area contributed by atoms with Crippen LogP contribution in [0.15, 0.2) is 65.9 Å². The zero-order chi connectivity index (χ0) is 38.8. The molecule has 2 saturated carbocycles. The molecule has 3 aliphatic heterocycles. The predicted molar refractivity (Wildman–Crippen MR) is 214 cm³/mol. The Morgan fingerprint density at radius 3 is 2.38 bits per heavy atom. The van der Waals surface area contributed by atoms with Crippen molar-refractivity contribution in [1.29, 1.82) is 0 Å². The lowest BCUT2D eigenvalue weighted by Gasteiger charge is -2.45. The topological polar surface area (TPSA) is 180 Å². The highest BCUT2D eigenvalue weighted by Gasteiger charge is 2.40. The molecule has 7 N–H and O–H groups in total. The van der Waals surface area contributed by atoms with Crippen LogP contribution in [-0.4, -0.2) is 89.0 Å². The fourth-order valence-corrected chi connectivity index (χ4v) is 7.68. The van der Waals surface area contributed by atoms with Crippen molar-refractivity contribution in [2.75, 3.05) is 50.5 Å². The normalized spacial score (nSPS) is 20.6. The zero-order valence-electron chi connectivity index (χ0n) is 32.4. The molecule has 292 valence electrons. The van der Waals surface area contributed by atoms with Gasteiger partial charge in [0.15, 0.2) is 0 Å². The third-order valence-corrected chi connectivity index (χ3v) is 11.4. The summed E-state index contributed by atoms with van der Waals surface area (Å²) < 4.78 is 2.22. The average molecular weight is 750 g/mol. The van der Waals surface area contributed by atoms with Crippen LogP contribution in [0, 0.1) is 5.92 Å². The molecule has 4 fully saturated rings. The number of nitrogens with one attached hydrogen (secondary N) is 3. The van der Waals surface area contributed by atoms with Crippen LogP contribution in [0.2, 0.25) is 0 Å². The largest absolute Gasteiger partial charge is 0.393 e. The number of likely N-dealkylation sites (tertiary alicyclic amines) is 2. The first-order valence-corrected chi connectivity index (χ1v) is 19.7. The number of pyridine rings is 1. The van der Waals surface area contributed by atoms with Crippen molar-refractivity contribution in [2.24, 2.45) is 17.4 Å². The maximum absolute atomic E-state index is 13.0. The second-order valence-electron chi connectivity index (χ2n) is 15.4. The van der Waals surface area contributed by atoms with Gasteiger partial charge < -0.3 is 42.0 Å². The maximum atomic E-state index is 13.0. The molecule has 5 aliphatic rings. The van der Waals surface area contributed by atoms with Crippen molar-refractivity contribution in [3.8, 4) is 11.1 Å². The minimum absolute atomic E-state index is 0.0305. The molecule has 8 rings (SSSR count). The van der Waals surface area contributed by atoms with Gasteiger partial charge in [0.1, 0.15) is 17.7 Å². The lowest BCUT2D eigenvalue weighted by atomic mass is 9.91. The molecule has 0 bridgehead atoms. The van der Waals surface area contributed by atoms with Crippen LogP contribution in [0.3, 0.4) is 0 Å². The Kier molecular flexibility index (Phi) is 11.1. The van der Waals surface area contributed by atoms with E-state index in [1.807, 2.05) is 41.4 Å². The molecular weight excluding hydrogens is 695 g/mol. The molecule has 2 aromatic heterocycles. The fourth-order valence-electron chi connectivity index (χ4n) is 7.68. The van der Waals surface area contributed by atoms with Gasteiger partial charge in [-0.1, -0.05) is 25.1 Å². The van der Waals surface area contributed by atoms with Gasteiger partial charge >= 0.3 is 0 Å². The standard InChI is InChI=1S/C37H49N11O2.C4H6O/c1-5-31-35-26(19-41-48(35)24-20-47(21-24)22(2)27-11-9-13-29(43-27)37(50)46-16-6-7-17-46)25-10-8-12-28(34(25)45(31)4)44-30(18-32(38)40-3)33(39)36(49)42-23-14-15-23;5-3-4-1-2-4/h8-13,18-19,22-24,31,40,44H,5-7,14-17,20-21,38-39H2,1-4H3,(H,42,49);3-4H,1-2H2/b32-18+,33-30+;. The monoisotopic (exact) mass is 749 g/mol. The van der Waals surface area contributed by atoms with Gasteiger partial charge in [0.25, 0.3) is 11.8 Å². The van der Waals surface area contributed by atoms with Gasteiger partial charge in [0.2, 0.25) is 0 Å². The van der Waals surface area contributed by atoms with Crippen molar-refractivity contribution in [1.82, 2.24) is 35.2 Å². The van der Waals surface area contributed by atoms with Crippen LogP contribution < -0.4 is 32.3 Å².